The van der Waals surface area contributed by atoms with Crippen molar-refractivity contribution in [2.24, 2.45) is 0 Å². The van der Waals surface area contributed by atoms with Gasteiger partial charge in [0.05, 0.1) is 23.4 Å². The van der Waals surface area contributed by atoms with E-state index < -0.39 is 0 Å². The average molecular weight is 484 g/mol. The fourth-order valence-electron chi connectivity index (χ4n) is 4.37. The van der Waals surface area contributed by atoms with Crippen LogP contribution in [0.2, 0.25) is 5.02 Å². The molecule has 0 bridgehead atoms. The molecule has 0 unspecified atom stereocenters. The van der Waals surface area contributed by atoms with Crippen LogP contribution in [-0.4, -0.2) is 54.4 Å². The first-order valence-corrected chi connectivity index (χ1v) is 12.2. The fraction of sp³-hybridized carbons (Fsp3) is 0.370. The Morgan fingerprint density at radius 3 is 2.62 bits per heavy atom. The molecule has 5 nitrogen and oxygen atoms in total. The molecule has 1 atom stereocenters. The number of aliphatic hydroxyl groups is 1. The van der Waals surface area contributed by atoms with Crippen LogP contribution in [0.25, 0.3) is 0 Å². The van der Waals surface area contributed by atoms with E-state index in [0.717, 1.165) is 56.0 Å². The third kappa shape index (κ3) is 6.06. The molecule has 4 rings (SSSR count). The van der Waals surface area contributed by atoms with Crippen LogP contribution < -0.4 is 9.64 Å². The number of nitrogens with zero attached hydrogens (tertiary/aromatic N) is 3. The van der Waals surface area contributed by atoms with E-state index in [1.54, 1.807) is 6.07 Å². The van der Waals surface area contributed by atoms with Gasteiger partial charge in [-0.1, -0.05) is 36.7 Å². The second-order valence-corrected chi connectivity index (χ2v) is 8.92. The molecule has 2 aromatic carbocycles. The highest BCUT2D eigenvalue weighted by molar-refractivity contribution is 6.33. The number of anilines is 1. The maximum atomic E-state index is 13.6. The summed E-state index contributed by atoms with van der Waals surface area (Å²) in [5.74, 6) is 0.386. The number of halogens is 2. The number of pyridine rings is 1. The van der Waals surface area contributed by atoms with Crippen LogP contribution in [0.4, 0.5) is 10.1 Å². The first kappa shape index (κ1) is 24.5. The summed E-state index contributed by atoms with van der Waals surface area (Å²) >= 11 is 6.66. The highest BCUT2D eigenvalue weighted by Gasteiger charge is 2.29. The molecular weight excluding hydrogens is 453 g/mol. The van der Waals surface area contributed by atoms with E-state index in [-0.39, 0.29) is 25.1 Å². The van der Waals surface area contributed by atoms with E-state index in [1.165, 1.54) is 17.7 Å². The molecule has 1 aliphatic heterocycles. The highest BCUT2D eigenvalue weighted by Crippen LogP contribution is 2.37. The van der Waals surface area contributed by atoms with Crippen molar-refractivity contribution >= 4 is 17.3 Å². The van der Waals surface area contributed by atoms with Gasteiger partial charge in [-0.3, -0.25) is 9.88 Å². The van der Waals surface area contributed by atoms with Crippen LogP contribution in [0.15, 0.2) is 60.8 Å². The predicted octanol–water partition coefficient (Wildman–Crippen LogP) is 4.91. The molecule has 0 spiro atoms. The lowest BCUT2D eigenvalue weighted by atomic mass is 10.0. The minimum Gasteiger partial charge on any atom is -0.491 e. The minimum absolute atomic E-state index is 0.0386. The zero-order valence-corrected chi connectivity index (χ0v) is 20.2. The number of aliphatic hydroxyl groups excluding tert-OH is 1. The summed E-state index contributed by atoms with van der Waals surface area (Å²) in [6.45, 7) is 5.73. The maximum absolute atomic E-state index is 13.6. The molecule has 180 valence electrons. The van der Waals surface area contributed by atoms with Crippen molar-refractivity contribution in [3.8, 4) is 5.75 Å². The molecule has 1 saturated heterocycles. The van der Waals surface area contributed by atoms with Crippen molar-refractivity contribution in [1.29, 1.82) is 0 Å². The number of piperazine rings is 1. The summed E-state index contributed by atoms with van der Waals surface area (Å²) in [6.07, 6.45) is 3.86. The van der Waals surface area contributed by atoms with Gasteiger partial charge < -0.3 is 14.7 Å². The van der Waals surface area contributed by atoms with E-state index in [4.69, 9.17) is 21.4 Å². The van der Waals surface area contributed by atoms with Crippen molar-refractivity contribution in [3.63, 3.8) is 0 Å². The molecule has 0 amide bonds. The molecule has 3 aromatic rings. The molecule has 0 aliphatic carbocycles. The van der Waals surface area contributed by atoms with Crippen molar-refractivity contribution in [2.45, 2.75) is 25.8 Å². The Bertz CT molecular complexity index is 1060. The zero-order valence-electron chi connectivity index (χ0n) is 19.5. The van der Waals surface area contributed by atoms with Gasteiger partial charge in [0.25, 0.3) is 0 Å². The van der Waals surface area contributed by atoms with E-state index in [2.05, 4.69) is 33.8 Å². The van der Waals surface area contributed by atoms with Crippen LogP contribution >= 0.6 is 11.6 Å². The van der Waals surface area contributed by atoms with Gasteiger partial charge in [-0.05, 0) is 54.3 Å². The van der Waals surface area contributed by atoms with E-state index in [0.29, 0.717) is 10.8 Å². The summed E-state index contributed by atoms with van der Waals surface area (Å²) in [5, 5.41) is 9.59. The number of hydrogen-bond donors (Lipinski definition) is 1. The van der Waals surface area contributed by atoms with Gasteiger partial charge in [0.2, 0.25) is 0 Å². The van der Waals surface area contributed by atoms with Crippen LogP contribution in [0.5, 0.6) is 5.75 Å². The standard InChI is InChI=1S/C27H31ClFN3O2/c1-2-23-8-3-20(18-30-23)11-12-31-13-14-32(27(19-31)21-4-6-22(29)7-5-21)26-10-9-24(17-25(26)28)34-16-15-33/h3-10,17-18,27,33H,2,11-16,19H2,1H3/t27-/m0/s1. The SMILES string of the molecule is CCc1ccc(CCN2CCN(c3ccc(OCCO)cc3Cl)[C@H](c3ccc(F)cc3)C2)cn1. The van der Waals surface area contributed by atoms with Gasteiger partial charge in [-0.2, -0.15) is 0 Å². The lowest BCUT2D eigenvalue weighted by molar-refractivity contribution is 0.201. The summed E-state index contributed by atoms with van der Waals surface area (Å²) in [4.78, 5) is 9.26. The van der Waals surface area contributed by atoms with E-state index >= 15 is 0 Å². The van der Waals surface area contributed by atoms with Crippen LogP contribution in [0.1, 0.15) is 29.8 Å². The third-order valence-corrected chi connectivity index (χ3v) is 6.58. The summed E-state index contributed by atoms with van der Waals surface area (Å²) < 4.78 is 19.1. The van der Waals surface area contributed by atoms with Crippen LogP contribution in [-0.2, 0) is 12.8 Å². The van der Waals surface area contributed by atoms with Gasteiger partial charge in [0.1, 0.15) is 18.2 Å². The second kappa shape index (κ2) is 11.6. The van der Waals surface area contributed by atoms with Crippen molar-refractivity contribution in [3.05, 3.63) is 88.5 Å². The first-order valence-electron chi connectivity index (χ1n) is 11.8. The van der Waals surface area contributed by atoms with Gasteiger partial charge in [-0.25, -0.2) is 4.39 Å². The smallest absolute Gasteiger partial charge is 0.123 e. The molecule has 2 heterocycles. The Kier molecular flexibility index (Phi) is 8.38. The van der Waals surface area contributed by atoms with Crippen molar-refractivity contribution < 1.29 is 14.2 Å². The molecule has 34 heavy (non-hydrogen) atoms. The average Bonchev–Trinajstić information content (AvgIpc) is 2.87. The molecule has 0 saturated carbocycles. The highest BCUT2D eigenvalue weighted by atomic mass is 35.5. The summed E-state index contributed by atoms with van der Waals surface area (Å²) in [5.41, 5.74) is 4.32. The topological polar surface area (TPSA) is 48.8 Å². The Morgan fingerprint density at radius 1 is 1.12 bits per heavy atom. The maximum Gasteiger partial charge on any atom is 0.123 e. The molecule has 1 fully saturated rings. The lowest BCUT2D eigenvalue weighted by Gasteiger charge is -2.43. The second-order valence-electron chi connectivity index (χ2n) is 8.51. The molecule has 0 radical (unpaired) electrons. The molecule has 1 N–H and O–H groups in total. The van der Waals surface area contributed by atoms with Crippen LogP contribution in [0.3, 0.4) is 0 Å². The van der Waals surface area contributed by atoms with E-state index in [9.17, 15) is 4.39 Å². The Hall–Kier alpha value is -2.67. The molecule has 1 aromatic heterocycles. The Balaban J connectivity index is 1.51. The lowest BCUT2D eigenvalue weighted by Crippen LogP contribution is -2.49. The molecule has 7 heteroatoms. The van der Waals surface area contributed by atoms with Gasteiger partial charge >= 0.3 is 0 Å². The fourth-order valence-corrected chi connectivity index (χ4v) is 4.65. The van der Waals surface area contributed by atoms with Gasteiger partial charge in [0, 0.05) is 44.1 Å². The first-order chi connectivity index (χ1) is 16.6. The number of aryl methyl sites for hydroxylation is 1. The van der Waals surface area contributed by atoms with Crippen molar-refractivity contribution in [1.82, 2.24) is 9.88 Å². The molecule has 1 aliphatic rings. The van der Waals surface area contributed by atoms with E-state index in [1.807, 2.05) is 30.5 Å². The number of rotatable bonds is 9. The summed E-state index contributed by atoms with van der Waals surface area (Å²) in [6, 6.07) is 16.7. The Morgan fingerprint density at radius 2 is 1.94 bits per heavy atom. The normalized spacial score (nSPS) is 16.6. The number of ether oxygens (including phenoxy) is 1. The monoisotopic (exact) mass is 483 g/mol. The number of benzene rings is 2. The van der Waals surface area contributed by atoms with Gasteiger partial charge in [-0.15, -0.1) is 0 Å². The van der Waals surface area contributed by atoms with Gasteiger partial charge in [0.15, 0.2) is 0 Å². The quantitative estimate of drug-likeness (QED) is 0.468. The number of hydrogen-bond acceptors (Lipinski definition) is 5. The Labute approximate surface area is 205 Å². The predicted molar refractivity (Wildman–Crippen MR) is 134 cm³/mol. The molecular formula is C27H31ClFN3O2. The minimum atomic E-state index is -0.241. The third-order valence-electron chi connectivity index (χ3n) is 6.27. The summed E-state index contributed by atoms with van der Waals surface area (Å²) in [7, 11) is 0. The van der Waals surface area contributed by atoms with Crippen molar-refractivity contribution in [2.75, 3.05) is 44.3 Å². The largest absolute Gasteiger partial charge is 0.491 e. The van der Waals surface area contributed by atoms with Crippen LogP contribution in [0, 0.1) is 5.82 Å². The zero-order chi connectivity index (χ0) is 23.9. The number of aromatic nitrogens is 1.